The fraction of sp³-hybridized carbons (Fsp3) is 0.208. The van der Waals surface area contributed by atoms with Gasteiger partial charge >= 0.3 is 0 Å². The van der Waals surface area contributed by atoms with E-state index in [1.165, 1.54) is 6.33 Å². The number of aryl methyl sites for hydroxylation is 2. The van der Waals surface area contributed by atoms with E-state index in [1.54, 1.807) is 24.3 Å². The molecule has 0 radical (unpaired) electrons. The van der Waals surface area contributed by atoms with E-state index in [-0.39, 0.29) is 30.7 Å². The molecule has 0 saturated heterocycles. The molecule has 32 heavy (non-hydrogen) atoms. The molecule has 2 heterocycles. The first kappa shape index (κ1) is 21.2. The predicted molar refractivity (Wildman–Crippen MR) is 121 cm³/mol. The predicted octanol–water partition coefficient (Wildman–Crippen LogP) is 3.72. The minimum absolute atomic E-state index is 0.0113. The number of hydrogen-bond acceptors (Lipinski definition) is 6. The SMILES string of the molecule is CCc1ccc(Nc2cc(C)ncn2)cc1NC(=O)CCN1C(=O)c2ccccc2C1=O. The molecule has 0 spiro atoms. The average Bonchev–Trinajstić information content (AvgIpc) is 3.02. The Morgan fingerprint density at radius 1 is 1.00 bits per heavy atom. The van der Waals surface area contributed by atoms with Crippen molar-refractivity contribution in [2.24, 2.45) is 0 Å². The third-order valence-electron chi connectivity index (χ3n) is 5.28. The number of fused-ring (bicyclic) bond motifs is 1. The molecule has 1 aliphatic rings. The molecule has 2 aromatic carbocycles. The van der Waals surface area contributed by atoms with Gasteiger partial charge in [0.2, 0.25) is 5.91 Å². The molecule has 162 valence electrons. The van der Waals surface area contributed by atoms with Crippen LogP contribution in [0.2, 0.25) is 0 Å². The first-order chi connectivity index (χ1) is 15.5. The van der Waals surface area contributed by atoms with Gasteiger partial charge in [0.15, 0.2) is 0 Å². The summed E-state index contributed by atoms with van der Waals surface area (Å²) in [6, 6.07) is 14.2. The molecule has 1 aliphatic heterocycles. The van der Waals surface area contributed by atoms with E-state index in [0.29, 0.717) is 22.6 Å². The maximum absolute atomic E-state index is 12.6. The van der Waals surface area contributed by atoms with Gasteiger partial charge in [-0.1, -0.05) is 25.1 Å². The quantitative estimate of drug-likeness (QED) is 0.555. The van der Waals surface area contributed by atoms with Crippen molar-refractivity contribution in [2.45, 2.75) is 26.7 Å². The van der Waals surface area contributed by atoms with Gasteiger partial charge in [-0.25, -0.2) is 9.97 Å². The van der Waals surface area contributed by atoms with Crippen LogP contribution in [0.25, 0.3) is 0 Å². The third kappa shape index (κ3) is 4.34. The second-order valence-electron chi connectivity index (χ2n) is 7.50. The van der Waals surface area contributed by atoms with Gasteiger partial charge in [0, 0.05) is 36.1 Å². The molecule has 2 N–H and O–H groups in total. The molecule has 8 nitrogen and oxygen atoms in total. The Morgan fingerprint density at radius 3 is 2.38 bits per heavy atom. The summed E-state index contributed by atoms with van der Waals surface area (Å²) in [6.45, 7) is 3.91. The van der Waals surface area contributed by atoms with E-state index >= 15 is 0 Å². The number of carbonyl (C=O) groups is 3. The molecule has 1 aromatic heterocycles. The van der Waals surface area contributed by atoms with Gasteiger partial charge in [0.05, 0.1) is 11.1 Å². The van der Waals surface area contributed by atoms with Gasteiger partial charge in [-0.05, 0) is 43.2 Å². The van der Waals surface area contributed by atoms with Gasteiger partial charge in [0.1, 0.15) is 12.1 Å². The number of amides is 3. The number of aromatic nitrogens is 2. The Hall–Kier alpha value is -4.07. The van der Waals surface area contributed by atoms with Crippen molar-refractivity contribution < 1.29 is 14.4 Å². The molecular formula is C24H23N5O3. The topological polar surface area (TPSA) is 104 Å². The second kappa shape index (κ2) is 8.97. The minimum atomic E-state index is -0.362. The first-order valence-electron chi connectivity index (χ1n) is 10.4. The van der Waals surface area contributed by atoms with Gasteiger partial charge in [-0.3, -0.25) is 19.3 Å². The number of anilines is 3. The van der Waals surface area contributed by atoms with Crippen LogP contribution < -0.4 is 10.6 Å². The summed E-state index contributed by atoms with van der Waals surface area (Å²) in [7, 11) is 0. The molecule has 0 bridgehead atoms. The fourth-order valence-corrected chi connectivity index (χ4v) is 3.62. The lowest BCUT2D eigenvalue weighted by Crippen LogP contribution is -2.33. The average molecular weight is 429 g/mol. The van der Waals surface area contributed by atoms with Crippen LogP contribution in [-0.4, -0.2) is 39.1 Å². The minimum Gasteiger partial charge on any atom is -0.340 e. The molecule has 4 rings (SSSR count). The Kier molecular flexibility index (Phi) is 5.93. The normalized spacial score (nSPS) is 12.6. The van der Waals surface area contributed by atoms with Crippen LogP contribution in [0.3, 0.4) is 0 Å². The van der Waals surface area contributed by atoms with E-state index in [4.69, 9.17) is 0 Å². The van der Waals surface area contributed by atoms with Gasteiger partial charge in [-0.15, -0.1) is 0 Å². The number of benzene rings is 2. The Balaban J connectivity index is 1.42. The summed E-state index contributed by atoms with van der Waals surface area (Å²) in [5.41, 5.74) is 4.03. The van der Waals surface area contributed by atoms with E-state index in [9.17, 15) is 14.4 Å². The van der Waals surface area contributed by atoms with Crippen molar-refractivity contribution in [3.05, 3.63) is 77.2 Å². The van der Waals surface area contributed by atoms with Crippen molar-refractivity contribution in [1.29, 1.82) is 0 Å². The highest BCUT2D eigenvalue weighted by Crippen LogP contribution is 2.25. The lowest BCUT2D eigenvalue weighted by atomic mass is 10.1. The second-order valence-corrected chi connectivity index (χ2v) is 7.50. The Bertz CT molecular complexity index is 1170. The third-order valence-corrected chi connectivity index (χ3v) is 5.28. The lowest BCUT2D eigenvalue weighted by Gasteiger charge is -2.15. The summed E-state index contributed by atoms with van der Waals surface area (Å²) in [4.78, 5) is 47.0. The molecule has 0 fully saturated rings. The highest BCUT2D eigenvalue weighted by Gasteiger charge is 2.34. The smallest absolute Gasteiger partial charge is 0.261 e. The lowest BCUT2D eigenvalue weighted by molar-refractivity contribution is -0.116. The van der Waals surface area contributed by atoms with Crippen molar-refractivity contribution in [2.75, 3.05) is 17.2 Å². The van der Waals surface area contributed by atoms with Crippen LogP contribution >= 0.6 is 0 Å². The van der Waals surface area contributed by atoms with Crippen molar-refractivity contribution in [3.63, 3.8) is 0 Å². The molecule has 8 heteroatoms. The Labute approximate surface area is 185 Å². The highest BCUT2D eigenvalue weighted by atomic mass is 16.2. The van der Waals surface area contributed by atoms with Crippen molar-refractivity contribution in [1.82, 2.24) is 14.9 Å². The highest BCUT2D eigenvalue weighted by molar-refractivity contribution is 6.21. The van der Waals surface area contributed by atoms with E-state index in [1.807, 2.05) is 38.1 Å². The fourth-order valence-electron chi connectivity index (χ4n) is 3.62. The summed E-state index contributed by atoms with van der Waals surface area (Å²) in [5.74, 6) is -0.339. The molecule has 3 aromatic rings. The maximum Gasteiger partial charge on any atom is 0.261 e. The Morgan fingerprint density at radius 2 is 1.72 bits per heavy atom. The van der Waals surface area contributed by atoms with E-state index in [0.717, 1.165) is 28.3 Å². The van der Waals surface area contributed by atoms with Crippen LogP contribution in [0.5, 0.6) is 0 Å². The standard InChI is InChI=1S/C24H23N5O3/c1-3-16-8-9-17(27-21-12-15(2)25-14-26-21)13-20(16)28-22(30)10-11-29-23(31)18-6-4-5-7-19(18)24(29)32/h4-9,12-14H,3,10-11H2,1-2H3,(H,28,30)(H,25,26,27). The monoisotopic (exact) mass is 429 g/mol. The van der Waals surface area contributed by atoms with Crippen molar-refractivity contribution >= 4 is 34.9 Å². The number of nitrogens with zero attached hydrogens (tertiary/aromatic N) is 3. The molecule has 0 aliphatic carbocycles. The summed E-state index contributed by atoms with van der Waals surface area (Å²) >= 11 is 0. The number of imide groups is 1. The zero-order valence-corrected chi connectivity index (χ0v) is 17.9. The van der Waals surface area contributed by atoms with Crippen LogP contribution in [0.1, 0.15) is 45.3 Å². The van der Waals surface area contributed by atoms with E-state index < -0.39 is 0 Å². The van der Waals surface area contributed by atoms with Gasteiger partial charge in [-0.2, -0.15) is 0 Å². The number of nitrogens with one attached hydrogen (secondary N) is 2. The first-order valence-corrected chi connectivity index (χ1v) is 10.4. The number of hydrogen-bond donors (Lipinski definition) is 2. The van der Waals surface area contributed by atoms with Crippen LogP contribution in [0, 0.1) is 6.92 Å². The molecule has 0 saturated carbocycles. The van der Waals surface area contributed by atoms with Crippen LogP contribution in [0.4, 0.5) is 17.2 Å². The van der Waals surface area contributed by atoms with Crippen LogP contribution in [0.15, 0.2) is 54.9 Å². The van der Waals surface area contributed by atoms with Crippen LogP contribution in [-0.2, 0) is 11.2 Å². The number of carbonyl (C=O) groups excluding carboxylic acids is 3. The number of rotatable bonds is 7. The molecule has 0 atom stereocenters. The summed E-state index contributed by atoms with van der Waals surface area (Å²) < 4.78 is 0. The molecule has 0 unspecified atom stereocenters. The summed E-state index contributed by atoms with van der Waals surface area (Å²) in [6.07, 6.45) is 2.23. The zero-order valence-electron chi connectivity index (χ0n) is 17.9. The summed E-state index contributed by atoms with van der Waals surface area (Å²) in [5, 5.41) is 6.12. The van der Waals surface area contributed by atoms with Gasteiger partial charge in [0.25, 0.3) is 11.8 Å². The maximum atomic E-state index is 12.6. The largest absolute Gasteiger partial charge is 0.340 e. The van der Waals surface area contributed by atoms with Gasteiger partial charge < -0.3 is 10.6 Å². The zero-order chi connectivity index (χ0) is 22.7. The van der Waals surface area contributed by atoms with E-state index in [2.05, 4.69) is 20.6 Å². The molecular weight excluding hydrogens is 406 g/mol. The molecule has 3 amide bonds. The van der Waals surface area contributed by atoms with Crippen molar-refractivity contribution in [3.8, 4) is 0 Å².